The van der Waals surface area contributed by atoms with Crippen LogP contribution in [0, 0.1) is 0 Å². The van der Waals surface area contributed by atoms with E-state index in [-0.39, 0.29) is 30.8 Å². The largest absolute Gasteiger partial charge is 0.480 e. The molecular formula is C20H28N4O9. The maximum absolute atomic E-state index is 12.1. The van der Waals surface area contributed by atoms with Crippen molar-refractivity contribution in [3.05, 3.63) is 23.8 Å². The lowest BCUT2D eigenvalue weighted by atomic mass is 10.1. The van der Waals surface area contributed by atoms with Crippen molar-refractivity contribution in [2.75, 3.05) is 28.2 Å². The highest BCUT2D eigenvalue weighted by Crippen LogP contribution is 2.30. The Morgan fingerprint density at radius 2 is 1.45 bits per heavy atom. The van der Waals surface area contributed by atoms with Gasteiger partial charge in [0.15, 0.2) is 11.5 Å². The van der Waals surface area contributed by atoms with E-state index in [9.17, 15) is 24.0 Å². The second kappa shape index (κ2) is 12.4. The molecule has 1 rings (SSSR count). The molecule has 0 aliphatic rings. The number of carboxylic acid groups (broad SMARTS) is 1. The average molecular weight is 468 g/mol. The molecule has 0 fully saturated rings. The summed E-state index contributed by atoms with van der Waals surface area (Å²) in [6.07, 6.45) is -2.11. The molecule has 0 bridgehead atoms. The zero-order valence-corrected chi connectivity index (χ0v) is 18.8. The number of esters is 2. The van der Waals surface area contributed by atoms with Crippen LogP contribution in [-0.4, -0.2) is 85.3 Å². The number of amides is 2. The molecule has 0 aliphatic carbocycles. The number of nitrogens with two attached hydrogens (primary N) is 2. The van der Waals surface area contributed by atoms with Crippen molar-refractivity contribution in [2.45, 2.75) is 31.3 Å². The topological polar surface area (TPSA) is 192 Å². The van der Waals surface area contributed by atoms with E-state index in [4.69, 9.17) is 26.0 Å². The van der Waals surface area contributed by atoms with Gasteiger partial charge in [0.1, 0.15) is 12.1 Å². The second-order valence-electron chi connectivity index (χ2n) is 7.39. The molecule has 13 nitrogen and oxygen atoms in total. The van der Waals surface area contributed by atoms with E-state index in [1.807, 2.05) is 0 Å². The monoisotopic (exact) mass is 468 g/mol. The molecule has 0 unspecified atom stereocenters. The number of hydrogen-bond donors (Lipinski definition) is 3. The highest BCUT2D eigenvalue weighted by Gasteiger charge is 2.23. The Kier molecular flexibility index (Phi) is 10.2. The molecule has 0 saturated carbocycles. The number of ether oxygens (including phenoxy) is 3. The van der Waals surface area contributed by atoms with E-state index in [0.29, 0.717) is 5.56 Å². The molecule has 0 saturated heterocycles. The molecule has 33 heavy (non-hydrogen) atoms. The Morgan fingerprint density at radius 1 is 0.909 bits per heavy atom. The SMILES string of the molecule is CN(C)C(=O)Oc1ccc(C[C@H](N)C(=O)OC(=O)CC[C@H](N)C(=O)O)cc1OC(=O)N(C)C. The average Bonchev–Trinajstić information content (AvgIpc) is 2.73. The Labute approximate surface area is 190 Å². The molecule has 5 N–H and O–H groups in total. The lowest BCUT2D eigenvalue weighted by Gasteiger charge is -2.17. The van der Waals surface area contributed by atoms with Crippen LogP contribution in [0.15, 0.2) is 18.2 Å². The standard InChI is InChI=1S/C20H28N4O9/c1-23(2)19(29)31-14-7-5-11(10-15(14)32-20(30)24(3)4)9-13(22)18(28)33-16(25)8-6-12(21)17(26)27/h5,7,10,12-13H,6,8-9,21-22H2,1-4H3,(H,26,27)/t12-,13-/m0/s1. The highest BCUT2D eigenvalue weighted by molar-refractivity contribution is 5.88. The number of rotatable bonds is 9. The van der Waals surface area contributed by atoms with Gasteiger partial charge in [-0.25, -0.2) is 14.4 Å². The van der Waals surface area contributed by atoms with Crippen LogP contribution in [0.2, 0.25) is 0 Å². The summed E-state index contributed by atoms with van der Waals surface area (Å²) < 4.78 is 15.0. The van der Waals surface area contributed by atoms with Gasteiger partial charge < -0.3 is 40.6 Å². The molecule has 0 radical (unpaired) electrons. The third-order valence-electron chi connectivity index (χ3n) is 4.08. The zero-order valence-electron chi connectivity index (χ0n) is 18.8. The molecule has 182 valence electrons. The normalized spacial score (nSPS) is 12.2. The van der Waals surface area contributed by atoms with Gasteiger partial charge in [-0.1, -0.05) is 6.07 Å². The Balaban J connectivity index is 2.89. The smallest absolute Gasteiger partial charge is 0.414 e. The fourth-order valence-electron chi connectivity index (χ4n) is 2.19. The molecule has 0 aliphatic heterocycles. The van der Waals surface area contributed by atoms with Gasteiger partial charge in [0.2, 0.25) is 0 Å². The van der Waals surface area contributed by atoms with Crippen LogP contribution in [-0.2, 0) is 25.5 Å². The molecule has 0 spiro atoms. The predicted octanol–water partition coefficient (Wildman–Crippen LogP) is -0.0609. The number of benzene rings is 1. The van der Waals surface area contributed by atoms with Gasteiger partial charge in [-0.15, -0.1) is 0 Å². The number of carboxylic acids is 1. The number of carbonyl (C=O) groups excluding carboxylic acids is 4. The Morgan fingerprint density at radius 3 is 1.97 bits per heavy atom. The van der Waals surface area contributed by atoms with Crippen LogP contribution in [0.5, 0.6) is 11.5 Å². The van der Waals surface area contributed by atoms with Gasteiger partial charge in [0, 0.05) is 34.6 Å². The van der Waals surface area contributed by atoms with E-state index in [2.05, 4.69) is 4.74 Å². The molecular weight excluding hydrogens is 440 g/mol. The van der Waals surface area contributed by atoms with Gasteiger partial charge in [0.25, 0.3) is 0 Å². The molecule has 0 heterocycles. The van der Waals surface area contributed by atoms with Gasteiger partial charge in [-0.05, 0) is 30.5 Å². The number of aliphatic carboxylic acids is 1. The van der Waals surface area contributed by atoms with Gasteiger partial charge in [0.05, 0.1) is 0 Å². The van der Waals surface area contributed by atoms with E-state index in [0.717, 1.165) is 4.90 Å². The molecule has 2 atom stereocenters. The minimum Gasteiger partial charge on any atom is -0.480 e. The van der Waals surface area contributed by atoms with Crippen molar-refractivity contribution < 1.29 is 43.3 Å². The van der Waals surface area contributed by atoms with Crippen molar-refractivity contribution in [1.82, 2.24) is 9.80 Å². The third kappa shape index (κ3) is 9.13. The summed E-state index contributed by atoms with van der Waals surface area (Å²) in [5.41, 5.74) is 11.5. The van der Waals surface area contributed by atoms with E-state index in [1.165, 1.54) is 51.3 Å². The second-order valence-corrected chi connectivity index (χ2v) is 7.39. The highest BCUT2D eigenvalue weighted by atomic mass is 16.6. The van der Waals surface area contributed by atoms with E-state index in [1.54, 1.807) is 0 Å². The minimum absolute atomic E-state index is 0.0336. The fraction of sp³-hybridized carbons (Fsp3) is 0.450. The summed E-state index contributed by atoms with van der Waals surface area (Å²) >= 11 is 0. The van der Waals surface area contributed by atoms with E-state index >= 15 is 0 Å². The van der Waals surface area contributed by atoms with Crippen LogP contribution in [0.3, 0.4) is 0 Å². The number of carbonyl (C=O) groups is 5. The van der Waals surface area contributed by atoms with Crippen LogP contribution >= 0.6 is 0 Å². The summed E-state index contributed by atoms with van der Waals surface area (Å²) in [5, 5.41) is 8.70. The summed E-state index contributed by atoms with van der Waals surface area (Å²) in [7, 11) is 5.88. The summed E-state index contributed by atoms with van der Waals surface area (Å²) in [6, 6.07) is 1.71. The maximum atomic E-state index is 12.1. The van der Waals surface area contributed by atoms with Crippen LogP contribution in [0.1, 0.15) is 18.4 Å². The van der Waals surface area contributed by atoms with Gasteiger partial charge >= 0.3 is 30.1 Å². The number of hydrogen-bond acceptors (Lipinski definition) is 10. The quantitative estimate of drug-likeness (QED) is 0.325. The third-order valence-corrected chi connectivity index (χ3v) is 4.08. The van der Waals surface area contributed by atoms with Crippen LogP contribution in [0.25, 0.3) is 0 Å². The summed E-state index contributed by atoms with van der Waals surface area (Å²) in [6.45, 7) is 0. The summed E-state index contributed by atoms with van der Waals surface area (Å²) in [5.74, 6) is -3.39. The van der Waals surface area contributed by atoms with Gasteiger partial charge in [-0.2, -0.15) is 0 Å². The van der Waals surface area contributed by atoms with Crippen LogP contribution in [0.4, 0.5) is 9.59 Å². The lowest BCUT2D eigenvalue weighted by molar-refractivity contribution is -0.160. The predicted molar refractivity (Wildman–Crippen MR) is 113 cm³/mol. The van der Waals surface area contributed by atoms with E-state index < -0.39 is 42.2 Å². The van der Waals surface area contributed by atoms with Crippen molar-refractivity contribution in [1.29, 1.82) is 0 Å². The Hall–Kier alpha value is -3.71. The zero-order chi connectivity index (χ0) is 25.3. The molecule has 0 aromatic heterocycles. The van der Waals surface area contributed by atoms with Crippen molar-refractivity contribution in [3.8, 4) is 11.5 Å². The Bertz CT molecular complexity index is 902. The first-order chi connectivity index (χ1) is 15.3. The first-order valence-electron chi connectivity index (χ1n) is 9.71. The van der Waals surface area contributed by atoms with Crippen molar-refractivity contribution >= 4 is 30.1 Å². The maximum Gasteiger partial charge on any atom is 0.414 e. The van der Waals surface area contributed by atoms with Crippen molar-refractivity contribution in [3.63, 3.8) is 0 Å². The van der Waals surface area contributed by atoms with Gasteiger partial charge in [-0.3, -0.25) is 9.59 Å². The lowest BCUT2D eigenvalue weighted by Crippen LogP contribution is -2.36. The van der Waals surface area contributed by atoms with Crippen molar-refractivity contribution in [2.24, 2.45) is 11.5 Å². The summed E-state index contributed by atoms with van der Waals surface area (Å²) in [4.78, 5) is 60.7. The molecule has 13 heteroatoms. The first-order valence-corrected chi connectivity index (χ1v) is 9.71. The molecule has 1 aromatic carbocycles. The fourth-order valence-corrected chi connectivity index (χ4v) is 2.19. The van der Waals surface area contributed by atoms with Crippen LogP contribution < -0.4 is 20.9 Å². The number of nitrogens with zero attached hydrogens (tertiary/aromatic N) is 2. The minimum atomic E-state index is -1.28. The first kappa shape index (κ1) is 27.3. The molecule has 1 aromatic rings. The molecule has 2 amide bonds.